The molecule has 0 amide bonds. The number of aliphatic hydroxyl groups excluding tert-OH is 1. The molecule has 0 spiro atoms. The number of nitrogens with zero attached hydrogens (tertiary/aromatic N) is 1. The molecule has 2 aromatic rings. The molecule has 0 radical (unpaired) electrons. The lowest BCUT2D eigenvalue weighted by atomic mass is 9.78. The van der Waals surface area contributed by atoms with E-state index in [-0.39, 0.29) is 5.41 Å². The summed E-state index contributed by atoms with van der Waals surface area (Å²) in [4.78, 5) is 4.47. The van der Waals surface area contributed by atoms with Crippen LogP contribution in [0, 0.1) is 12.3 Å². The number of aryl methyl sites for hydroxylation is 1. The molecule has 0 bridgehead atoms. The second kappa shape index (κ2) is 5.27. The zero-order valence-corrected chi connectivity index (χ0v) is 11.9. The first-order valence-corrected chi connectivity index (χ1v) is 6.75. The van der Waals surface area contributed by atoms with Crippen molar-refractivity contribution in [1.82, 2.24) is 4.98 Å². The van der Waals surface area contributed by atoms with Crippen molar-refractivity contribution in [1.29, 1.82) is 0 Å². The molecule has 19 heavy (non-hydrogen) atoms. The van der Waals surface area contributed by atoms with Gasteiger partial charge in [-0.2, -0.15) is 0 Å². The van der Waals surface area contributed by atoms with Crippen molar-refractivity contribution in [3.8, 4) is 0 Å². The van der Waals surface area contributed by atoms with Crippen molar-refractivity contribution in [2.45, 2.75) is 33.3 Å². The van der Waals surface area contributed by atoms with Crippen LogP contribution in [-0.4, -0.2) is 16.6 Å². The highest BCUT2D eigenvalue weighted by Crippen LogP contribution is 2.36. The van der Waals surface area contributed by atoms with Gasteiger partial charge in [-0.25, -0.2) is 0 Å². The summed E-state index contributed by atoms with van der Waals surface area (Å²) >= 11 is 0. The number of hydrogen-bond acceptors (Lipinski definition) is 3. The van der Waals surface area contributed by atoms with Crippen LogP contribution >= 0.6 is 0 Å². The van der Waals surface area contributed by atoms with Gasteiger partial charge in [-0.15, -0.1) is 0 Å². The molecule has 3 N–H and O–H groups in total. The Morgan fingerprint density at radius 1 is 1.32 bits per heavy atom. The number of rotatable bonds is 4. The monoisotopic (exact) mass is 258 g/mol. The maximum absolute atomic E-state index is 10.6. The molecule has 1 aromatic heterocycles. The first kappa shape index (κ1) is 14.0. The first-order chi connectivity index (χ1) is 9.00. The van der Waals surface area contributed by atoms with Crippen LogP contribution in [0.25, 0.3) is 10.9 Å². The summed E-state index contributed by atoms with van der Waals surface area (Å²) in [5.41, 5.74) is 8.40. The van der Waals surface area contributed by atoms with Crippen molar-refractivity contribution >= 4 is 10.9 Å². The molecule has 3 heteroatoms. The van der Waals surface area contributed by atoms with Gasteiger partial charge in [0.2, 0.25) is 0 Å². The Labute approximate surface area is 114 Å². The van der Waals surface area contributed by atoms with E-state index in [0.29, 0.717) is 6.54 Å². The third kappa shape index (κ3) is 2.62. The summed E-state index contributed by atoms with van der Waals surface area (Å²) in [7, 11) is 0. The molecule has 2 atom stereocenters. The molecule has 0 saturated carbocycles. The Balaban J connectivity index is 2.43. The van der Waals surface area contributed by atoms with E-state index in [1.165, 1.54) is 0 Å². The second-order valence-electron chi connectivity index (χ2n) is 5.52. The van der Waals surface area contributed by atoms with Crippen molar-refractivity contribution in [2.24, 2.45) is 11.1 Å². The third-order valence-corrected chi connectivity index (χ3v) is 4.10. The molecule has 2 rings (SSSR count). The topological polar surface area (TPSA) is 59.1 Å². The summed E-state index contributed by atoms with van der Waals surface area (Å²) < 4.78 is 0. The number of benzene rings is 1. The van der Waals surface area contributed by atoms with Gasteiger partial charge in [0.1, 0.15) is 0 Å². The summed E-state index contributed by atoms with van der Waals surface area (Å²) in [5.74, 6) is 0. The standard InChI is InChI=1S/C16H22N2O/c1-4-16(3,10-17)15(19)13-7-8-14-12(9-13)6-5-11(2)18-14/h5-9,15,19H,4,10,17H2,1-3H3. The van der Waals surface area contributed by atoms with E-state index < -0.39 is 6.10 Å². The lowest BCUT2D eigenvalue weighted by Gasteiger charge is -2.32. The van der Waals surface area contributed by atoms with Crippen molar-refractivity contribution < 1.29 is 5.11 Å². The van der Waals surface area contributed by atoms with E-state index in [0.717, 1.165) is 28.6 Å². The van der Waals surface area contributed by atoms with Crippen molar-refractivity contribution in [2.75, 3.05) is 6.54 Å². The van der Waals surface area contributed by atoms with Crippen LogP contribution in [-0.2, 0) is 0 Å². The molecule has 0 saturated heterocycles. The number of fused-ring (bicyclic) bond motifs is 1. The Bertz CT molecular complexity index is 576. The van der Waals surface area contributed by atoms with Gasteiger partial charge in [-0.1, -0.05) is 26.0 Å². The molecule has 0 aliphatic carbocycles. The molecule has 102 valence electrons. The minimum Gasteiger partial charge on any atom is -0.388 e. The average molecular weight is 258 g/mol. The van der Waals surface area contributed by atoms with Gasteiger partial charge < -0.3 is 10.8 Å². The normalized spacial score (nSPS) is 16.3. The second-order valence-corrected chi connectivity index (χ2v) is 5.52. The highest BCUT2D eigenvalue weighted by Gasteiger charge is 2.31. The summed E-state index contributed by atoms with van der Waals surface area (Å²) in [6, 6.07) is 9.95. The molecule has 3 nitrogen and oxygen atoms in total. The number of aliphatic hydroxyl groups is 1. The van der Waals surface area contributed by atoms with Gasteiger partial charge in [-0.05, 0) is 37.1 Å². The van der Waals surface area contributed by atoms with Crippen LogP contribution in [0.1, 0.15) is 37.6 Å². The maximum atomic E-state index is 10.6. The summed E-state index contributed by atoms with van der Waals surface area (Å²) in [6.07, 6.45) is 0.294. The summed E-state index contributed by atoms with van der Waals surface area (Å²) in [5, 5.41) is 11.6. The van der Waals surface area contributed by atoms with E-state index in [4.69, 9.17) is 5.73 Å². The number of aromatic nitrogens is 1. The Morgan fingerprint density at radius 3 is 2.68 bits per heavy atom. The van der Waals surface area contributed by atoms with Gasteiger partial charge in [-0.3, -0.25) is 4.98 Å². The van der Waals surface area contributed by atoms with Gasteiger partial charge in [0.05, 0.1) is 11.6 Å². The molecular weight excluding hydrogens is 236 g/mol. The van der Waals surface area contributed by atoms with Crippen LogP contribution in [0.5, 0.6) is 0 Å². The predicted molar refractivity (Wildman–Crippen MR) is 78.9 cm³/mol. The SMILES string of the molecule is CCC(C)(CN)C(O)c1ccc2nc(C)ccc2c1. The molecule has 1 aromatic carbocycles. The van der Waals surface area contributed by atoms with Gasteiger partial charge in [0.25, 0.3) is 0 Å². The van der Waals surface area contributed by atoms with Gasteiger partial charge in [0, 0.05) is 23.0 Å². The van der Waals surface area contributed by atoms with E-state index in [9.17, 15) is 5.11 Å². The molecular formula is C16H22N2O. The quantitative estimate of drug-likeness (QED) is 0.886. The first-order valence-electron chi connectivity index (χ1n) is 6.75. The fourth-order valence-electron chi connectivity index (χ4n) is 2.27. The molecule has 0 aliphatic rings. The lowest BCUT2D eigenvalue weighted by molar-refractivity contribution is 0.0393. The highest BCUT2D eigenvalue weighted by molar-refractivity contribution is 5.79. The lowest BCUT2D eigenvalue weighted by Crippen LogP contribution is -2.33. The van der Waals surface area contributed by atoms with E-state index in [1.54, 1.807) is 0 Å². The molecule has 2 unspecified atom stereocenters. The minimum atomic E-state index is -0.548. The maximum Gasteiger partial charge on any atom is 0.0855 e. The average Bonchev–Trinajstić information content (AvgIpc) is 2.45. The zero-order valence-electron chi connectivity index (χ0n) is 11.9. The van der Waals surface area contributed by atoms with E-state index in [2.05, 4.69) is 11.9 Å². The van der Waals surface area contributed by atoms with Crippen LogP contribution < -0.4 is 5.73 Å². The third-order valence-electron chi connectivity index (χ3n) is 4.10. The Morgan fingerprint density at radius 2 is 2.05 bits per heavy atom. The van der Waals surface area contributed by atoms with Crippen LogP contribution in [0.4, 0.5) is 0 Å². The highest BCUT2D eigenvalue weighted by atomic mass is 16.3. The van der Waals surface area contributed by atoms with Crippen molar-refractivity contribution in [3.05, 3.63) is 41.6 Å². The minimum absolute atomic E-state index is 0.286. The number of nitrogens with two attached hydrogens (primary N) is 1. The zero-order chi connectivity index (χ0) is 14.0. The fraction of sp³-hybridized carbons (Fsp3) is 0.438. The van der Waals surface area contributed by atoms with E-state index >= 15 is 0 Å². The van der Waals surface area contributed by atoms with Crippen molar-refractivity contribution in [3.63, 3.8) is 0 Å². The van der Waals surface area contributed by atoms with E-state index in [1.807, 2.05) is 44.2 Å². The number of pyridine rings is 1. The number of hydrogen-bond donors (Lipinski definition) is 2. The molecule has 1 heterocycles. The molecule has 0 fully saturated rings. The summed E-state index contributed by atoms with van der Waals surface area (Å²) in [6.45, 7) is 6.52. The fourth-order valence-corrected chi connectivity index (χ4v) is 2.27. The van der Waals surface area contributed by atoms with Crippen LogP contribution in [0.15, 0.2) is 30.3 Å². The smallest absolute Gasteiger partial charge is 0.0855 e. The Hall–Kier alpha value is -1.45. The van der Waals surface area contributed by atoms with Gasteiger partial charge >= 0.3 is 0 Å². The van der Waals surface area contributed by atoms with Crippen LogP contribution in [0.2, 0.25) is 0 Å². The largest absolute Gasteiger partial charge is 0.388 e. The molecule has 0 aliphatic heterocycles. The van der Waals surface area contributed by atoms with Crippen LogP contribution in [0.3, 0.4) is 0 Å². The predicted octanol–water partition coefficient (Wildman–Crippen LogP) is 2.95. The van der Waals surface area contributed by atoms with Gasteiger partial charge in [0.15, 0.2) is 0 Å². The Kier molecular flexibility index (Phi) is 3.88.